The van der Waals surface area contributed by atoms with Crippen molar-refractivity contribution in [2.45, 2.75) is 32.2 Å². The normalized spacial score (nSPS) is 19.9. The lowest BCUT2D eigenvalue weighted by Crippen LogP contribution is -2.32. The first-order valence-electron chi connectivity index (χ1n) is 10.9. The number of carbonyl (C=O) groups is 1. The number of likely N-dealkylation sites (tertiary alicyclic amines) is 1. The number of ether oxygens (including phenoxy) is 2. The number of ketones is 1. The van der Waals surface area contributed by atoms with E-state index in [0.717, 1.165) is 43.6 Å². The van der Waals surface area contributed by atoms with Crippen molar-refractivity contribution in [1.29, 1.82) is 0 Å². The van der Waals surface area contributed by atoms with Crippen LogP contribution in [0.4, 0.5) is 0 Å². The number of nitrogens with zero attached hydrogens (tertiary/aromatic N) is 1. The largest absolute Gasteiger partial charge is 0.493 e. The molecule has 2 aliphatic rings. The van der Waals surface area contributed by atoms with E-state index < -0.39 is 0 Å². The van der Waals surface area contributed by atoms with Crippen LogP contribution in [-0.2, 0) is 13.0 Å². The summed E-state index contributed by atoms with van der Waals surface area (Å²) in [6.07, 6.45) is 8.56. The lowest BCUT2D eigenvalue weighted by molar-refractivity contribution is 0.0937. The highest BCUT2D eigenvalue weighted by atomic mass is 16.5. The Morgan fingerprint density at radius 1 is 1.03 bits per heavy atom. The Morgan fingerprint density at radius 3 is 2.43 bits per heavy atom. The van der Waals surface area contributed by atoms with Gasteiger partial charge >= 0.3 is 0 Å². The van der Waals surface area contributed by atoms with Crippen LogP contribution in [0.25, 0.3) is 0 Å². The molecular formula is C26H31NO3. The molecular weight excluding hydrogens is 374 g/mol. The predicted octanol–water partition coefficient (Wildman–Crippen LogP) is 4.92. The van der Waals surface area contributed by atoms with Crippen LogP contribution in [0.15, 0.2) is 54.6 Å². The first kappa shape index (κ1) is 20.7. The lowest BCUT2D eigenvalue weighted by Gasteiger charge is -2.30. The molecule has 0 spiro atoms. The molecule has 1 aliphatic carbocycles. The number of allylic oxidation sites excluding steroid dienone is 2. The third-order valence-electron chi connectivity index (χ3n) is 6.42. The van der Waals surface area contributed by atoms with Crippen LogP contribution in [0, 0.1) is 11.8 Å². The van der Waals surface area contributed by atoms with E-state index in [1.165, 1.54) is 18.4 Å². The van der Waals surface area contributed by atoms with E-state index in [1.54, 1.807) is 14.2 Å². The molecule has 2 aromatic rings. The van der Waals surface area contributed by atoms with Gasteiger partial charge in [0, 0.05) is 18.0 Å². The number of fused-ring (bicyclic) bond motifs is 1. The quantitative estimate of drug-likeness (QED) is 0.613. The summed E-state index contributed by atoms with van der Waals surface area (Å²) in [5.41, 5.74) is 3.25. The minimum absolute atomic E-state index is 0.0335. The molecule has 0 radical (unpaired) electrons. The van der Waals surface area contributed by atoms with Crippen molar-refractivity contribution in [3.05, 3.63) is 71.3 Å². The zero-order valence-electron chi connectivity index (χ0n) is 18.0. The SMILES string of the molecule is COc1cc2c(cc1OC)C(=O)C(C/C=C/C1CCN(Cc3ccccc3)CC1)C2. The van der Waals surface area contributed by atoms with Crippen LogP contribution in [0.2, 0.25) is 0 Å². The Morgan fingerprint density at radius 2 is 1.73 bits per heavy atom. The highest BCUT2D eigenvalue weighted by molar-refractivity contribution is 6.03. The number of piperidine rings is 1. The molecule has 0 saturated carbocycles. The molecule has 0 amide bonds. The zero-order chi connectivity index (χ0) is 20.9. The average molecular weight is 406 g/mol. The number of rotatable bonds is 7. The first-order valence-corrected chi connectivity index (χ1v) is 10.9. The predicted molar refractivity (Wildman–Crippen MR) is 119 cm³/mol. The maximum absolute atomic E-state index is 12.8. The molecule has 2 aromatic carbocycles. The van der Waals surface area contributed by atoms with E-state index in [2.05, 4.69) is 47.4 Å². The summed E-state index contributed by atoms with van der Waals surface area (Å²) >= 11 is 0. The van der Waals surface area contributed by atoms with Gasteiger partial charge in [0.15, 0.2) is 17.3 Å². The molecule has 1 unspecified atom stereocenters. The van der Waals surface area contributed by atoms with Gasteiger partial charge in [0.1, 0.15) is 0 Å². The fourth-order valence-corrected chi connectivity index (χ4v) is 4.67. The Bertz CT molecular complexity index is 898. The van der Waals surface area contributed by atoms with E-state index in [1.807, 2.05) is 12.1 Å². The Balaban J connectivity index is 1.27. The molecule has 1 aliphatic heterocycles. The summed E-state index contributed by atoms with van der Waals surface area (Å²) in [5, 5.41) is 0. The molecule has 1 fully saturated rings. The number of hydrogen-bond donors (Lipinski definition) is 0. The molecule has 1 saturated heterocycles. The summed E-state index contributed by atoms with van der Waals surface area (Å²) in [4.78, 5) is 15.4. The van der Waals surface area contributed by atoms with Crippen molar-refractivity contribution in [2.75, 3.05) is 27.3 Å². The van der Waals surface area contributed by atoms with Gasteiger partial charge in [-0.15, -0.1) is 0 Å². The van der Waals surface area contributed by atoms with Crippen LogP contribution in [-0.4, -0.2) is 38.0 Å². The van der Waals surface area contributed by atoms with Gasteiger partial charge in [0.2, 0.25) is 0 Å². The van der Waals surface area contributed by atoms with E-state index in [-0.39, 0.29) is 11.7 Å². The second-order valence-corrected chi connectivity index (χ2v) is 8.39. The van der Waals surface area contributed by atoms with Crippen molar-refractivity contribution < 1.29 is 14.3 Å². The molecule has 4 heteroatoms. The summed E-state index contributed by atoms with van der Waals surface area (Å²) in [7, 11) is 3.24. The standard InChI is InChI=1S/C26H31NO3/c1-29-24-16-22-15-21(26(28)23(22)17-25(24)30-2)10-6-9-19-11-13-27(14-12-19)18-20-7-4-3-5-8-20/h3-9,16-17,19,21H,10-15,18H2,1-2H3/b9-6+. The van der Waals surface area contributed by atoms with Crippen LogP contribution in [0.3, 0.4) is 0 Å². The first-order chi connectivity index (χ1) is 14.7. The van der Waals surface area contributed by atoms with Crippen LogP contribution in [0.5, 0.6) is 11.5 Å². The summed E-state index contributed by atoms with van der Waals surface area (Å²) < 4.78 is 10.7. The molecule has 1 heterocycles. The number of benzene rings is 2. The van der Waals surface area contributed by atoms with Crippen molar-refractivity contribution in [2.24, 2.45) is 11.8 Å². The van der Waals surface area contributed by atoms with E-state index in [9.17, 15) is 4.79 Å². The summed E-state index contributed by atoms with van der Waals surface area (Å²) in [6.45, 7) is 3.31. The molecule has 158 valence electrons. The number of Topliss-reactive ketones (excluding diaryl/α,β-unsaturated/α-hetero) is 1. The molecule has 30 heavy (non-hydrogen) atoms. The third kappa shape index (κ3) is 4.59. The number of hydrogen-bond acceptors (Lipinski definition) is 4. The number of methoxy groups -OCH3 is 2. The molecule has 0 bridgehead atoms. The van der Waals surface area contributed by atoms with Gasteiger partial charge in [0.25, 0.3) is 0 Å². The van der Waals surface area contributed by atoms with E-state index >= 15 is 0 Å². The zero-order valence-corrected chi connectivity index (χ0v) is 18.0. The highest BCUT2D eigenvalue weighted by Crippen LogP contribution is 2.37. The van der Waals surface area contributed by atoms with Gasteiger partial charge in [0.05, 0.1) is 14.2 Å². The minimum atomic E-state index is 0.0335. The fourth-order valence-electron chi connectivity index (χ4n) is 4.67. The van der Waals surface area contributed by atoms with E-state index in [4.69, 9.17) is 9.47 Å². The Labute approximate surface area is 179 Å². The number of carbonyl (C=O) groups excluding carboxylic acids is 1. The average Bonchev–Trinajstić information content (AvgIpc) is 3.09. The van der Waals surface area contributed by atoms with Gasteiger partial charge < -0.3 is 9.47 Å². The Hall–Kier alpha value is -2.59. The molecule has 1 atom stereocenters. The van der Waals surface area contributed by atoms with E-state index in [0.29, 0.717) is 17.4 Å². The maximum Gasteiger partial charge on any atom is 0.167 e. The molecule has 0 aromatic heterocycles. The van der Waals surface area contributed by atoms with Gasteiger partial charge in [-0.25, -0.2) is 0 Å². The van der Waals surface area contributed by atoms with Gasteiger partial charge in [-0.2, -0.15) is 0 Å². The molecule has 4 nitrogen and oxygen atoms in total. The fraction of sp³-hybridized carbons (Fsp3) is 0.423. The lowest BCUT2D eigenvalue weighted by atomic mass is 9.94. The topological polar surface area (TPSA) is 38.8 Å². The second-order valence-electron chi connectivity index (χ2n) is 8.39. The molecule has 4 rings (SSSR count). The van der Waals surface area contributed by atoms with Crippen LogP contribution < -0.4 is 9.47 Å². The van der Waals surface area contributed by atoms with Crippen molar-refractivity contribution in [1.82, 2.24) is 4.90 Å². The van der Waals surface area contributed by atoms with Gasteiger partial charge in [-0.05, 0) is 68.0 Å². The third-order valence-corrected chi connectivity index (χ3v) is 6.42. The Kier molecular flexibility index (Phi) is 6.53. The smallest absolute Gasteiger partial charge is 0.167 e. The van der Waals surface area contributed by atoms with Crippen molar-refractivity contribution in [3.8, 4) is 11.5 Å². The summed E-state index contributed by atoms with van der Waals surface area (Å²) in [6, 6.07) is 14.5. The molecule has 0 N–H and O–H groups in total. The highest BCUT2D eigenvalue weighted by Gasteiger charge is 2.31. The monoisotopic (exact) mass is 405 g/mol. The van der Waals surface area contributed by atoms with Gasteiger partial charge in [-0.1, -0.05) is 42.5 Å². The van der Waals surface area contributed by atoms with Crippen molar-refractivity contribution in [3.63, 3.8) is 0 Å². The van der Waals surface area contributed by atoms with Gasteiger partial charge in [-0.3, -0.25) is 9.69 Å². The second kappa shape index (κ2) is 9.48. The van der Waals surface area contributed by atoms with Crippen LogP contribution in [0.1, 0.15) is 40.7 Å². The summed E-state index contributed by atoms with van der Waals surface area (Å²) in [5.74, 6) is 2.21. The van der Waals surface area contributed by atoms with Crippen LogP contribution >= 0.6 is 0 Å². The van der Waals surface area contributed by atoms with Crippen molar-refractivity contribution >= 4 is 5.78 Å². The minimum Gasteiger partial charge on any atom is -0.493 e. The maximum atomic E-state index is 12.8.